The highest BCUT2D eigenvalue weighted by Crippen LogP contribution is 2.17. The van der Waals surface area contributed by atoms with Crippen LogP contribution in [-0.2, 0) is 13.0 Å². The maximum absolute atomic E-state index is 11.9. The topological polar surface area (TPSA) is 62.5 Å². The molecule has 2 N–H and O–H groups in total. The van der Waals surface area contributed by atoms with Gasteiger partial charge in [0.2, 0.25) is 0 Å². The van der Waals surface area contributed by atoms with Crippen LogP contribution in [0.15, 0.2) is 40.8 Å². The van der Waals surface area contributed by atoms with Crippen LogP contribution in [0.3, 0.4) is 0 Å². The lowest BCUT2D eigenvalue weighted by Gasteiger charge is -2.07. The molecule has 1 amide bonds. The smallest absolute Gasteiger partial charge is 0.291 e. The Morgan fingerprint density at radius 3 is 2.72 bits per heavy atom. The first kappa shape index (κ1) is 12.4. The summed E-state index contributed by atoms with van der Waals surface area (Å²) in [7, 11) is 0. The van der Waals surface area contributed by atoms with Gasteiger partial charge < -0.3 is 14.8 Å². The van der Waals surface area contributed by atoms with Gasteiger partial charge >= 0.3 is 0 Å². The van der Waals surface area contributed by atoms with E-state index in [4.69, 9.17) is 9.52 Å². The molecule has 0 bridgehead atoms. The lowest BCUT2D eigenvalue weighted by atomic mass is 10.2. The largest absolute Gasteiger partial charge is 0.456 e. The number of para-hydroxylation sites is 1. The average molecular weight is 245 g/mol. The summed E-state index contributed by atoms with van der Waals surface area (Å²) in [6.45, 7) is 1.84. The molecule has 1 aromatic heterocycles. The number of hydrogen-bond donors (Lipinski definition) is 2. The number of amides is 1. The minimum atomic E-state index is -0.310. The zero-order chi connectivity index (χ0) is 13.0. The molecule has 0 atom stereocenters. The summed E-state index contributed by atoms with van der Waals surface area (Å²) in [5, 5.41) is 11.9. The second kappa shape index (κ2) is 5.51. The van der Waals surface area contributed by atoms with E-state index in [1.54, 1.807) is 30.3 Å². The van der Waals surface area contributed by atoms with E-state index in [1.165, 1.54) is 0 Å². The molecule has 4 nitrogen and oxygen atoms in total. The van der Waals surface area contributed by atoms with E-state index in [1.807, 2.05) is 13.0 Å². The van der Waals surface area contributed by atoms with Crippen LogP contribution in [0.25, 0.3) is 0 Å². The van der Waals surface area contributed by atoms with Gasteiger partial charge in [0.1, 0.15) is 5.76 Å². The summed E-state index contributed by atoms with van der Waals surface area (Å²) in [6.07, 6.45) is 0.751. The third kappa shape index (κ3) is 2.60. The quantitative estimate of drug-likeness (QED) is 0.870. The fourth-order valence-corrected chi connectivity index (χ4v) is 1.65. The van der Waals surface area contributed by atoms with Gasteiger partial charge in [-0.05, 0) is 18.2 Å². The molecule has 4 heteroatoms. The summed E-state index contributed by atoms with van der Waals surface area (Å²) in [5.74, 6) is 0.741. The number of carbonyl (C=O) groups is 1. The van der Waals surface area contributed by atoms with Gasteiger partial charge in [-0.3, -0.25) is 4.79 Å². The van der Waals surface area contributed by atoms with Crippen LogP contribution in [0.5, 0.6) is 0 Å². The number of benzene rings is 1. The summed E-state index contributed by atoms with van der Waals surface area (Å²) in [6, 6.07) is 10.5. The highest BCUT2D eigenvalue weighted by Gasteiger charge is 2.12. The standard InChI is InChI=1S/C14H15NO3/c1-2-11-7-8-13(18-11)14(17)15-12-6-4-3-5-10(12)9-16/h3-8,16H,2,9H2,1H3,(H,15,17). The molecule has 0 unspecified atom stereocenters. The Hall–Kier alpha value is -2.07. The van der Waals surface area contributed by atoms with Gasteiger partial charge in [0, 0.05) is 17.7 Å². The normalized spacial score (nSPS) is 10.3. The lowest BCUT2D eigenvalue weighted by molar-refractivity contribution is 0.0995. The number of aryl methyl sites for hydroxylation is 1. The molecule has 0 saturated carbocycles. The SMILES string of the molecule is CCc1ccc(C(=O)Nc2ccccc2CO)o1. The van der Waals surface area contributed by atoms with Crippen LogP contribution in [0.2, 0.25) is 0 Å². The second-order valence-electron chi connectivity index (χ2n) is 3.89. The minimum Gasteiger partial charge on any atom is -0.456 e. The van der Waals surface area contributed by atoms with Gasteiger partial charge in [-0.15, -0.1) is 0 Å². The summed E-state index contributed by atoms with van der Waals surface area (Å²) >= 11 is 0. The highest BCUT2D eigenvalue weighted by molar-refractivity contribution is 6.02. The number of rotatable bonds is 4. The number of aliphatic hydroxyl groups excluding tert-OH is 1. The molecule has 0 radical (unpaired) electrons. The average Bonchev–Trinajstić information content (AvgIpc) is 2.88. The van der Waals surface area contributed by atoms with Gasteiger partial charge in [-0.25, -0.2) is 0 Å². The van der Waals surface area contributed by atoms with E-state index >= 15 is 0 Å². The number of hydrogen-bond acceptors (Lipinski definition) is 3. The second-order valence-corrected chi connectivity index (χ2v) is 3.89. The zero-order valence-electron chi connectivity index (χ0n) is 10.1. The predicted octanol–water partition coefficient (Wildman–Crippen LogP) is 2.59. The van der Waals surface area contributed by atoms with Crippen LogP contribution in [0, 0.1) is 0 Å². The van der Waals surface area contributed by atoms with Gasteiger partial charge in [0.05, 0.1) is 6.61 Å². The third-order valence-corrected chi connectivity index (χ3v) is 2.67. The molecule has 0 aliphatic rings. The monoisotopic (exact) mass is 245 g/mol. The Labute approximate surface area is 105 Å². The Kier molecular flexibility index (Phi) is 3.79. The molecule has 2 rings (SSSR count). The summed E-state index contributed by atoms with van der Waals surface area (Å²) < 4.78 is 5.37. The summed E-state index contributed by atoms with van der Waals surface area (Å²) in [4.78, 5) is 11.9. The maximum Gasteiger partial charge on any atom is 0.291 e. The highest BCUT2D eigenvalue weighted by atomic mass is 16.3. The molecule has 0 aliphatic heterocycles. The van der Waals surface area contributed by atoms with E-state index in [0.717, 1.165) is 12.2 Å². The Bertz CT molecular complexity index is 545. The Morgan fingerprint density at radius 2 is 2.06 bits per heavy atom. The molecule has 0 saturated heterocycles. The predicted molar refractivity (Wildman–Crippen MR) is 68.4 cm³/mol. The first-order valence-corrected chi connectivity index (χ1v) is 5.83. The number of aliphatic hydroxyl groups is 1. The molecule has 1 aromatic carbocycles. The number of nitrogens with one attached hydrogen (secondary N) is 1. The van der Waals surface area contributed by atoms with Crippen molar-refractivity contribution in [2.24, 2.45) is 0 Å². The minimum absolute atomic E-state index is 0.116. The molecule has 2 aromatic rings. The van der Waals surface area contributed by atoms with Crippen LogP contribution < -0.4 is 5.32 Å². The number of furan rings is 1. The molecular formula is C14H15NO3. The number of anilines is 1. The van der Waals surface area contributed by atoms with Crippen molar-refractivity contribution in [1.82, 2.24) is 0 Å². The van der Waals surface area contributed by atoms with Crippen molar-refractivity contribution in [2.75, 3.05) is 5.32 Å². The van der Waals surface area contributed by atoms with Crippen molar-refractivity contribution in [3.8, 4) is 0 Å². The zero-order valence-corrected chi connectivity index (χ0v) is 10.1. The van der Waals surface area contributed by atoms with Gasteiger partial charge in [0.15, 0.2) is 5.76 Å². The van der Waals surface area contributed by atoms with Crippen molar-refractivity contribution in [1.29, 1.82) is 0 Å². The van der Waals surface area contributed by atoms with Crippen LogP contribution >= 0.6 is 0 Å². The maximum atomic E-state index is 11.9. The van der Waals surface area contributed by atoms with Gasteiger partial charge in [-0.1, -0.05) is 25.1 Å². The first-order valence-electron chi connectivity index (χ1n) is 5.83. The van der Waals surface area contributed by atoms with Crippen molar-refractivity contribution in [3.05, 3.63) is 53.5 Å². The first-order chi connectivity index (χ1) is 8.74. The van der Waals surface area contributed by atoms with E-state index in [-0.39, 0.29) is 18.3 Å². The van der Waals surface area contributed by atoms with Crippen molar-refractivity contribution < 1.29 is 14.3 Å². The lowest BCUT2D eigenvalue weighted by Crippen LogP contribution is -2.12. The van der Waals surface area contributed by atoms with E-state index in [9.17, 15) is 4.79 Å². The van der Waals surface area contributed by atoms with Crippen molar-refractivity contribution >= 4 is 11.6 Å². The van der Waals surface area contributed by atoms with E-state index in [0.29, 0.717) is 11.3 Å². The molecule has 0 aliphatic carbocycles. The molecule has 18 heavy (non-hydrogen) atoms. The molecule has 0 spiro atoms. The van der Waals surface area contributed by atoms with Crippen molar-refractivity contribution in [3.63, 3.8) is 0 Å². The van der Waals surface area contributed by atoms with E-state index < -0.39 is 0 Å². The van der Waals surface area contributed by atoms with Gasteiger partial charge in [0.25, 0.3) is 5.91 Å². The fraction of sp³-hybridized carbons (Fsp3) is 0.214. The van der Waals surface area contributed by atoms with Crippen LogP contribution in [0.1, 0.15) is 28.8 Å². The van der Waals surface area contributed by atoms with Crippen LogP contribution in [0.4, 0.5) is 5.69 Å². The third-order valence-electron chi connectivity index (χ3n) is 2.67. The summed E-state index contributed by atoms with van der Waals surface area (Å²) in [5.41, 5.74) is 1.27. The molecule has 1 heterocycles. The van der Waals surface area contributed by atoms with Crippen molar-refractivity contribution in [2.45, 2.75) is 20.0 Å². The van der Waals surface area contributed by atoms with Gasteiger partial charge in [-0.2, -0.15) is 0 Å². The number of carbonyl (C=O) groups excluding carboxylic acids is 1. The Balaban J connectivity index is 2.16. The molecular weight excluding hydrogens is 230 g/mol. The van der Waals surface area contributed by atoms with Crippen LogP contribution in [-0.4, -0.2) is 11.0 Å². The van der Waals surface area contributed by atoms with E-state index in [2.05, 4.69) is 5.32 Å². The molecule has 94 valence electrons. The fourth-order valence-electron chi connectivity index (χ4n) is 1.65. The molecule has 0 fully saturated rings. The Morgan fingerprint density at radius 1 is 1.28 bits per heavy atom.